The summed E-state index contributed by atoms with van der Waals surface area (Å²) in [5.41, 5.74) is -0.922. The molecule has 2 fully saturated rings. The van der Waals surface area contributed by atoms with Gasteiger partial charge in [0.1, 0.15) is 5.60 Å². The van der Waals surface area contributed by atoms with E-state index < -0.39 is 0 Å². The molecule has 0 radical (unpaired) electrons. The van der Waals surface area contributed by atoms with Crippen LogP contribution in [0.15, 0.2) is 12.2 Å². The van der Waals surface area contributed by atoms with E-state index >= 15 is 0 Å². The Morgan fingerprint density at radius 3 is 2.82 bits per heavy atom. The maximum atomic E-state index is 13.0. The van der Waals surface area contributed by atoms with Gasteiger partial charge in [-0.05, 0) is 25.2 Å². The molecule has 2 aliphatic heterocycles. The fourth-order valence-electron chi connectivity index (χ4n) is 4.45. The van der Waals surface area contributed by atoms with Crippen LogP contribution in [0.2, 0.25) is 0 Å². The van der Waals surface area contributed by atoms with Crippen LogP contribution >= 0.6 is 0 Å². The number of carbonyl (C=O) groups is 1. The zero-order chi connectivity index (χ0) is 12.5. The van der Waals surface area contributed by atoms with Crippen LogP contribution in [0.4, 0.5) is 0 Å². The quantitative estimate of drug-likeness (QED) is 0.652. The van der Waals surface area contributed by atoms with E-state index in [1.807, 2.05) is 13.8 Å². The van der Waals surface area contributed by atoms with E-state index in [2.05, 4.69) is 26.0 Å². The van der Waals surface area contributed by atoms with Crippen molar-refractivity contribution in [2.24, 2.45) is 16.7 Å². The number of ketones is 1. The summed E-state index contributed by atoms with van der Waals surface area (Å²) in [4.78, 5) is 13.0. The number of rotatable bonds is 1. The zero-order valence-corrected chi connectivity index (χ0v) is 11.2. The second-order valence-electron chi connectivity index (χ2n) is 6.62. The summed E-state index contributed by atoms with van der Waals surface area (Å²) < 4.78 is 6.37. The van der Waals surface area contributed by atoms with Crippen LogP contribution in [0.5, 0.6) is 0 Å². The Hall–Kier alpha value is -0.630. The van der Waals surface area contributed by atoms with Crippen molar-refractivity contribution in [2.75, 3.05) is 0 Å². The monoisotopic (exact) mass is 234 g/mol. The molecular formula is C15H22O2. The highest BCUT2D eigenvalue weighted by molar-refractivity contribution is 5.94. The molecule has 0 aromatic rings. The first kappa shape index (κ1) is 11.5. The molecule has 2 nitrogen and oxygen atoms in total. The number of fused-ring (bicyclic) bond motifs is 1. The molecule has 0 N–H and O–H groups in total. The van der Waals surface area contributed by atoms with E-state index in [1.165, 1.54) is 0 Å². The number of carbonyl (C=O) groups excluding carboxylic acids is 1. The van der Waals surface area contributed by atoms with Gasteiger partial charge in [-0.2, -0.15) is 0 Å². The molecule has 0 unspecified atom stereocenters. The number of hydrogen-bond donors (Lipinski definition) is 0. The lowest BCUT2D eigenvalue weighted by atomic mass is 9.59. The van der Waals surface area contributed by atoms with Crippen molar-refractivity contribution < 1.29 is 9.53 Å². The van der Waals surface area contributed by atoms with Gasteiger partial charge in [-0.25, -0.2) is 0 Å². The highest BCUT2D eigenvalue weighted by atomic mass is 16.5. The van der Waals surface area contributed by atoms with Crippen molar-refractivity contribution in [3.63, 3.8) is 0 Å². The van der Waals surface area contributed by atoms with Crippen LogP contribution in [0.1, 0.15) is 47.0 Å². The highest BCUT2D eigenvalue weighted by Crippen LogP contribution is 2.64. The molecule has 3 rings (SSSR count). The summed E-state index contributed by atoms with van der Waals surface area (Å²) >= 11 is 0. The SMILES string of the molecule is CC[C@@]12CC[C@H](C)[C@@]13C=C[C@H](O3)C(C)(C)C2=O. The van der Waals surface area contributed by atoms with Crippen molar-refractivity contribution in [1.29, 1.82) is 0 Å². The van der Waals surface area contributed by atoms with E-state index in [1.54, 1.807) is 0 Å². The van der Waals surface area contributed by atoms with Gasteiger partial charge in [0.15, 0.2) is 5.78 Å². The van der Waals surface area contributed by atoms with Crippen molar-refractivity contribution in [1.82, 2.24) is 0 Å². The molecule has 17 heavy (non-hydrogen) atoms. The zero-order valence-electron chi connectivity index (χ0n) is 11.2. The third kappa shape index (κ3) is 1.00. The first-order valence-corrected chi connectivity index (χ1v) is 6.83. The number of ether oxygens (including phenoxy) is 1. The minimum atomic E-state index is -0.365. The summed E-state index contributed by atoms with van der Waals surface area (Å²) in [6.07, 6.45) is 7.32. The molecule has 2 bridgehead atoms. The third-order valence-electron chi connectivity index (χ3n) is 5.66. The van der Waals surface area contributed by atoms with Gasteiger partial charge in [0.05, 0.1) is 16.9 Å². The van der Waals surface area contributed by atoms with Gasteiger partial charge in [-0.15, -0.1) is 0 Å². The molecule has 0 aromatic carbocycles. The predicted molar refractivity (Wildman–Crippen MR) is 66.7 cm³/mol. The molecule has 1 aliphatic carbocycles. The Bertz CT molecular complexity index is 409. The van der Waals surface area contributed by atoms with E-state index in [-0.39, 0.29) is 22.5 Å². The van der Waals surface area contributed by atoms with Gasteiger partial charge >= 0.3 is 0 Å². The average Bonchev–Trinajstić information content (AvgIpc) is 2.84. The molecule has 0 aromatic heterocycles. The molecule has 1 saturated carbocycles. The molecule has 0 amide bonds. The van der Waals surface area contributed by atoms with E-state index in [0.29, 0.717) is 11.7 Å². The smallest absolute Gasteiger partial charge is 0.150 e. The van der Waals surface area contributed by atoms with Gasteiger partial charge in [0.25, 0.3) is 0 Å². The van der Waals surface area contributed by atoms with Crippen LogP contribution in [0, 0.1) is 16.7 Å². The molecular weight excluding hydrogens is 212 g/mol. The van der Waals surface area contributed by atoms with Gasteiger partial charge in [0, 0.05) is 0 Å². The maximum absolute atomic E-state index is 13.0. The lowest BCUT2D eigenvalue weighted by Crippen LogP contribution is -2.62. The Morgan fingerprint density at radius 1 is 1.47 bits per heavy atom. The van der Waals surface area contributed by atoms with E-state index in [9.17, 15) is 4.79 Å². The van der Waals surface area contributed by atoms with Gasteiger partial charge < -0.3 is 4.74 Å². The van der Waals surface area contributed by atoms with Gasteiger partial charge in [-0.1, -0.05) is 39.8 Å². The van der Waals surface area contributed by atoms with Crippen LogP contribution in [-0.4, -0.2) is 17.5 Å². The fraction of sp³-hybridized carbons (Fsp3) is 0.800. The Morgan fingerprint density at radius 2 is 2.18 bits per heavy atom. The van der Waals surface area contributed by atoms with Crippen LogP contribution in [0.3, 0.4) is 0 Å². The molecule has 3 aliphatic rings. The summed E-state index contributed by atoms with van der Waals surface area (Å²) in [5, 5.41) is 0. The van der Waals surface area contributed by atoms with Crippen LogP contribution < -0.4 is 0 Å². The molecule has 1 spiro atoms. The predicted octanol–water partition coefficient (Wildman–Crippen LogP) is 3.12. The molecule has 94 valence electrons. The second-order valence-corrected chi connectivity index (χ2v) is 6.62. The fourth-order valence-corrected chi connectivity index (χ4v) is 4.45. The molecule has 2 heterocycles. The Balaban J connectivity index is 2.21. The van der Waals surface area contributed by atoms with E-state index in [4.69, 9.17) is 4.74 Å². The van der Waals surface area contributed by atoms with Crippen molar-refractivity contribution in [3.05, 3.63) is 12.2 Å². The first-order valence-electron chi connectivity index (χ1n) is 6.83. The summed E-state index contributed by atoms with van der Waals surface area (Å²) in [6, 6.07) is 0. The first-order chi connectivity index (χ1) is 7.91. The molecule has 4 atom stereocenters. The standard InChI is InChI=1S/C15H22O2/c1-5-14-8-6-10(2)15(14)9-7-11(17-15)13(3,4)12(14)16/h7,9-11H,5-6,8H2,1-4H3/t10-,11-,14-,15-/m0/s1. The normalized spacial score (nSPS) is 50.7. The lowest BCUT2D eigenvalue weighted by Gasteiger charge is -2.52. The van der Waals surface area contributed by atoms with Gasteiger partial charge in [-0.3, -0.25) is 4.79 Å². The second kappa shape index (κ2) is 3.03. The van der Waals surface area contributed by atoms with Crippen molar-refractivity contribution in [2.45, 2.75) is 58.7 Å². The summed E-state index contributed by atoms with van der Waals surface area (Å²) in [5.74, 6) is 0.891. The Labute approximate surface area is 103 Å². The number of hydrogen-bond acceptors (Lipinski definition) is 2. The summed E-state index contributed by atoms with van der Waals surface area (Å²) in [7, 11) is 0. The van der Waals surface area contributed by atoms with Gasteiger partial charge in [0.2, 0.25) is 0 Å². The van der Waals surface area contributed by atoms with Crippen LogP contribution in [-0.2, 0) is 9.53 Å². The number of Topliss-reactive ketones (excluding diaryl/α,β-unsaturated/α-hetero) is 1. The Kier molecular flexibility index (Phi) is 2.04. The third-order valence-corrected chi connectivity index (χ3v) is 5.66. The van der Waals surface area contributed by atoms with Crippen molar-refractivity contribution in [3.8, 4) is 0 Å². The summed E-state index contributed by atoms with van der Waals surface area (Å²) in [6.45, 7) is 8.46. The highest BCUT2D eigenvalue weighted by Gasteiger charge is 2.70. The minimum absolute atomic E-state index is 0.0183. The largest absolute Gasteiger partial charge is 0.361 e. The average molecular weight is 234 g/mol. The van der Waals surface area contributed by atoms with E-state index in [0.717, 1.165) is 19.3 Å². The molecule has 1 saturated heterocycles. The lowest BCUT2D eigenvalue weighted by molar-refractivity contribution is -0.199. The minimum Gasteiger partial charge on any atom is -0.361 e. The maximum Gasteiger partial charge on any atom is 0.150 e. The molecule has 2 heteroatoms. The van der Waals surface area contributed by atoms with Crippen molar-refractivity contribution >= 4 is 5.78 Å². The topological polar surface area (TPSA) is 26.3 Å². The van der Waals surface area contributed by atoms with Crippen LogP contribution in [0.25, 0.3) is 0 Å².